The van der Waals surface area contributed by atoms with E-state index in [0.717, 1.165) is 43.4 Å². The van der Waals surface area contributed by atoms with Crippen molar-refractivity contribution in [3.05, 3.63) is 47.5 Å². The lowest BCUT2D eigenvalue weighted by Gasteiger charge is -2.29. The Balaban J connectivity index is 0.00000131. The molecular formula is C29H45F3N6O2. The molecule has 2 fully saturated rings. The van der Waals surface area contributed by atoms with E-state index in [1.54, 1.807) is 11.0 Å². The fourth-order valence-electron chi connectivity index (χ4n) is 4.19. The molecule has 0 aromatic carbocycles. The number of alkyl halides is 3. The standard InChI is InChI=1S/C25H35F3N6O2.C4H10/c1-4-21(18(2)16-19(3)33-12-14-36-15-13-33)31-24-30-17-20(25(26,27)28)23(32-24)29-9-7-11-34-10-6-5-8-22(34)35;1-3-4-2/h4,16-17H,1,5-15H2,2-3H3,(H2,29,30,31,32);3-4H2,1-2H3/b19-16+,21-18+;. The fraction of sp³-hybridized carbons (Fsp3) is 0.621. The highest BCUT2D eigenvalue weighted by Crippen LogP contribution is 2.34. The van der Waals surface area contributed by atoms with Crippen molar-refractivity contribution in [1.29, 1.82) is 0 Å². The summed E-state index contributed by atoms with van der Waals surface area (Å²) in [4.78, 5) is 23.9. The number of carbonyl (C=O) groups is 1. The van der Waals surface area contributed by atoms with Gasteiger partial charge < -0.3 is 25.2 Å². The highest BCUT2D eigenvalue weighted by molar-refractivity contribution is 5.76. The Bertz CT molecular complexity index is 1020. The Hall–Kier alpha value is -3.08. The molecule has 0 bridgehead atoms. The van der Waals surface area contributed by atoms with Crippen LogP contribution in [0.2, 0.25) is 0 Å². The molecule has 3 heterocycles. The summed E-state index contributed by atoms with van der Waals surface area (Å²) < 4.78 is 46.1. The van der Waals surface area contributed by atoms with Crippen LogP contribution in [-0.4, -0.2) is 71.6 Å². The molecule has 1 amide bonds. The summed E-state index contributed by atoms with van der Waals surface area (Å²) in [5.41, 5.74) is 1.56. The van der Waals surface area contributed by atoms with Crippen molar-refractivity contribution in [3.8, 4) is 0 Å². The summed E-state index contributed by atoms with van der Waals surface area (Å²) in [5.74, 6) is -0.169. The number of anilines is 2. The molecule has 0 unspecified atom stereocenters. The maximum Gasteiger partial charge on any atom is 0.421 e. The molecule has 2 aliphatic heterocycles. The second kappa shape index (κ2) is 16.9. The summed E-state index contributed by atoms with van der Waals surface area (Å²) in [6, 6.07) is 0. The third kappa shape index (κ3) is 10.8. The van der Waals surface area contributed by atoms with Crippen LogP contribution in [0.1, 0.15) is 71.8 Å². The van der Waals surface area contributed by atoms with E-state index < -0.39 is 11.7 Å². The lowest BCUT2D eigenvalue weighted by atomic mass is 10.1. The van der Waals surface area contributed by atoms with Gasteiger partial charge in [0, 0.05) is 56.7 Å². The van der Waals surface area contributed by atoms with Crippen LogP contribution in [0.3, 0.4) is 0 Å². The smallest absolute Gasteiger partial charge is 0.378 e. The topological polar surface area (TPSA) is 82.6 Å². The monoisotopic (exact) mass is 566 g/mol. The van der Waals surface area contributed by atoms with Crippen LogP contribution in [0.15, 0.2) is 41.9 Å². The number of hydrogen-bond donors (Lipinski definition) is 2. The molecule has 224 valence electrons. The second-order valence-corrected chi connectivity index (χ2v) is 9.88. The van der Waals surface area contributed by atoms with E-state index in [1.165, 1.54) is 12.8 Å². The molecule has 2 N–H and O–H groups in total. The lowest BCUT2D eigenvalue weighted by molar-refractivity contribution is -0.137. The predicted octanol–water partition coefficient (Wildman–Crippen LogP) is 6.22. The van der Waals surface area contributed by atoms with Crippen LogP contribution < -0.4 is 10.6 Å². The summed E-state index contributed by atoms with van der Waals surface area (Å²) >= 11 is 0. The van der Waals surface area contributed by atoms with Gasteiger partial charge >= 0.3 is 6.18 Å². The van der Waals surface area contributed by atoms with E-state index in [0.29, 0.717) is 44.8 Å². The van der Waals surface area contributed by atoms with Gasteiger partial charge in [-0.05, 0) is 50.8 Å². The normalized spacial score (nSPS) is 17.1. The first-order valence-corrected chi connectivity index (χ1v) is 14.2. The summed E-state index contributed by atoms with van der Waals surface area (Å²) in [6.45, 7) is 16.5. The molecule has 1 aromatic heterocycles. The van der Waals surface area contributed by atoms with Gasteiger partial charge in [-0.1, -0.05) is 33.3 Å². The number of ether oxygens (including phenoxy) is 1. The number of amides is 1. The third-order valence-corrected chi connectivity index (χ3v) is 6.72. The molecule has 1 aromatic rings. The summed E-state index contributed by atoms with van der Waals surface area (Å²) in [5, 5.41) is 5.78. The molecule has 2 saturated heterocycles. The number of morpholine rings is 1. The number of nitrogens with zero attached hydrogens (tertiary/aromatic N) is 4. The molecule has 3 rings (SSSR count). The van der Waals surface area contributed by atoms with Crippen LogP contribution >= 0.6 is 0 Å². The van der Waals surface area contributed by atoms with E-state index in [9.17, 15) is 18.0 Å². The van der Waals surface area contributed by atoms with Crippen molar-refractivity contribution in [1.82, 2.24) is 19.8 Å². The first-order chi connectivity index (χ1) is 19.1. The van der Waals surface area contributed by atoms with Gasteiger partial charge in [0.2, 0.25) is 11.9 Å². The van der Waals surface area contributed by atoms with Crippen molar-refractivity contribution in [3.63, 3.8) is 0 Å². The van der Waals surface area contributed by atoms with E-state index in [1.807, 2.05) is 19.9 Å². The van der Waals surface area contributed by atoms with Crippen molar-refractivity contribution in [2.75, 3.05) is 56.6 Å². The minimum Gasteiger partial charge on any atom is -0.378 e. The number of likely N-dealkylation sites (tertiary alicyclic amines) is 1. The van der Waals surface area contributed by atoms with Gasteiger partial charge in [-0.25, -0.2) is 4.98 Å². The van der Waals surface area contributed by atoms with E-state index >= 15 is 0 Å². The van der Waals surface area contributed by atoms with E-state index in [4.69, 9.17) is 4.74 Å². The molecule has 0 radical (unpaired) electrons. The maximum atomic E-state index is 13.6. The van der Waals surface area contributed by atoms with Gasteiger partial charge in [0.25, 0.3) is 0 Å². The van der Waals surface area contributed by atoms with E-state index in [2.05, 4.69) is 45.9 Å². The lowest BCUT2D eigenvalue weighted by Crippen LogP contribution is -2.36. The first kappa shape index (κ1) is 33.1. The highest BCUT2D eigenvalue weighted by atomic mass is 19.4. The van der Waals surface area contributed by atoms with Gasteiger partial charge in [0.05, 0.1) is 13.2 Å². The molecule has 0 aliphatic carbocycles. The Morgan fingerprint density at radius 1 is 1.15 bits per heavy atom. The number of piperidine rings is 1. The zero-order chi connectivity index (χ0) is 29.5. The molecular weight excluding hydrogens is 521 g/mol. The molecule has 11 heteroatoms. The van der Waals surface area contributed by atoms with Crippen LogP contribution in [0, 0.1) is 0 Å². The zero-order valence-electron chi connectivity index (χ0n) is 24.4. The first-order valence-electron chi connectivity index (χ1n) is 14.2. The van der Waals surface area contributed by atoms with Crippen molar-refractivity contribution in [2.24, 2.45) is 0 Å². The van der Waals surface area contributed by atoms with Crippen molar-refractivity contribution >= 4 is 17.7 Å². The van der Waals surface area contributed by atoms with Crippen molar-refractivity contribution in [2.45, 2.75) is 72.4 Å². The van der Waals surface area contributed by atoms with Crippen LogP contribution in [0.25, 0.3) is 0 Å². The van der Waals surface area contributed by atoms with Gasteiger partial charge in [0.15, 0.2) is 0 Å². The zero-order valence-corrected chi connectivity index (χ0v) is 24.4. The SMILES string of the molecule is C=C/C(Nc1ncc(C(F)(F)F)c(NCCCN2CCCCC2=O)n1)=C(C)\C=C(/C)N1CCOCC1.CCCC. The fourth-order valence-corrected chi connectivity index (χ4v) is 4.19. The number of allylic oxidation sites excluding steroid dienone is 4. The summed E-state index contributed by atoms with van der Waals surface area (Å²) in [7, 11) is 0. The number of rotatable bonds is 11. The van der Waals surface area contributed by atoms with Crippen LogP contribution in [0.5, 0.6) is 0 Å². The largest absolute Gasteiger partial charge is 0.421 e. The molecule has 2 aliphatic rings. The molecule has 0 atom stereocenters. The quantitative estimate of drug-likeness (QED) is 0.243. The Labute approximate surface area is 236 Å². The number of carbonyl (C=O) groups excluding carboxylic acids is 1. The second-order valence-electron chi connectivity index (χ2n) is 9.88. The average Bonchev–Trinajstić information content (AvgIpc) is 2.94. The van der Waals surface area contributed by atoms with Gasteiger partial charge in [0.1, 0.15) is 11.4 Å². The number of aromatic nitrogens is 2. The maximum absolute atomic E-state index is 13.6. The van der Waals surface area contributed by atoms with Crippen LogP contribution in [0.4, 0.5) is 24.9 Å². The molecule has 8 nitrogen and oxygen atoms in total. The number of halogens is 3. The third-order valence-electron chi connectivity index (χ3n) is 6.72. The number of hydrogen-bond acceptors (Lipinski definition) is 7. The minimum atomic E-state index is -4.60. The van der Waals surface area contributed by atoms with Gasteiger partial charge in [-0.3, -0.25) is 4.79 Å². The average molecular weight is 567 g/mol. The summed E-state index contributed by atoms with van der Waals surface area (Å²) in [6.07, 6.45) is 5.28. The minimum absolute atomic E-state index is 0.0309. The number of nitrogens with one attached hydrogen (secondary N) is 2. The number of unbranched alkanes of at least 4 members (excludes halogenated alkanes) is 1. The highest BCUT2D eigenvalue weighted by Gasteiger charge is 2.35. The molecule has 0 spiro atoms. The van der Waals surface area contributed by atoms with Gasteiger partial charge in [-0.15, -0.1) is 0 Å². The predicted molar refractivity (Wildman–Crippen MR) is 154 cm³/mol. The molecule has 0 saturated carbocycles. The Kier molecular flexibility index (Phi) is 14.0. The van der Waals surface area contributed by atoms with Crippen LogP contribution in [-0.2, 0) is 15.7 Å². The molecule has 40 heavy (non-hydrogen) atoms. The van der Waals surface area contributed by atoms with Gasteiger partial charge in [-0.2, -0.15) is 18.2 Å². The Morgan fingerprint density at radius 2 is 1.85 bits per heavy atom. The van der Waals surface area contributed by atoms with Crippen molar-refractivity contribution < 1.29 is 22.7 Å². The Morgan fingerprint density at radius 3 is 2.45 bits per heavy atom. The van der Waals surface area contributed by atoms with E-state index in [-0.39, 0.29) is 24.2 Å².